The van der Waals surface area contributed by atoms with Gasteiger partial charge in [0.25, 0.3) is 0 Å². The van der Waals surface area contributed by atoms with Crippen LogP contribution in [0.15, 0.2) is 24.3 Å². The van der Waals surface area contributed by atoms with Gasteiger partial charge in [-0.05, 0) is 50.1 Å². The molecule has 2 atom stereocenters. The van der Waals surface area contributed by atoms with Gasteiger partial charge in [0.2, 0.25) is 0 Å². The van der Waals surface area contributed by atoms with Crippen LogP contribution in [0.25, 0.3) is 0 Å². The molecule has 3 N–H and O–H groups in total. The summed E-state index contributed by atoms with van der Waals surface area (Å²) in [6.07, 6.45) is -3.53. The van der Waals surface area contributed by atoms with Gasteiger partial charge in [0.05, 0.1) is 5.56 Å². The average Bonchev–Trinajstić information content (AvgIpc) is 2.80. The van der Waals surface area contributed by atoms with Crippen LogP contribution >= 0.6 is 0 Å². The zero-order chi connectivity index (χ0) is 15.6. The van der Waals surface area contributed by atoms with Crippen molar-refractivity contribution in [3.63, 3.8) is 0 Å². The molecule has 1 aromatic carbocycles. The maximum Gasteiger partial charge on any atom is 0.416 e. The molecule has 1 aliphatic heterocycles. The first-order valence-corrected chi connectivity index (χ1v) is 6.76. The van der Waals surface area contributed by atoms with Crippen molar-refractivity contribution < 1.29 is 18.0 Å². The number of hydrogen-bond donors (Lipinski definition) is 2. The number of hydrogen-bond acceptors (Lipinski definition) is 2. The Hall–Kier alpha value is -1.76. The van der Waals surface area contributed by atoms with Gasteiger partial charge < -0.3 is 16.0 Å². The Balaban J connectivity index is 2.00. The van der Waals surface area contributed by atoms with E-state index in [2.05, 4.69) is 5.32 Å². The molecule has 0 spiro atoms. The Morgan fingerprint density at radius 3 is 2.48 bits per heavy atom. The summed E-state index contributed by atoms with van der Waals surface area (Å²) in [5.41, 5.74) is 5.21. The molecule has 1 fully saturated rings. The maximum absolute atomic E-state index is 12.5. The zero-order valence-electron chi connectivity index (χ0n) is 11.7. The first kappa shape index (κ1) is 15.6. The predicted octanol–water partition coefficient (Wildman–Crippen LogP) is 2.91. The minimum Gasteiger partial charge on any atom is -0.330 e. The molecule has 1 saturated heterocycles. The van der Waals surface area contributed by atoms with Crippen molar-refractivity contribution in [3.05, 3.63) is 29.8 Å². The van der Waals surface area contributed by atoms with E-state index in [1.807, 2.05) is 6.92 Å². The Bertz CT molecular complexity index is 501. The van der Waals surface area contributed by atoms with E-state index < -0.39 is 11.7 Å². The van der Waals surface area contributed by atoms with E-state index in [1.165, 1.54) is 12.1 Å². The van der Waals surface area contributed by atoms with Gasteiger partial charge in [-0.1, -0.05) is 0 Å². The lowest BCUT2D eigenvalue weighted by Crippen LogP contribution is -2.37. The third kappa shape index (κ3) is 3.66. The molecule has 1 aromatic rings. The minimum atomic E-state index is -4.37. The summed E-state index contributed by atoms with van der Waals surface area (Å²) >= 11 is 0. The highest BCUT2D eigenvalue weighted by atomic mass is 19.4. The van der Waals surface area contributed by atoms with Crippen LogP contribution in [0.4, 0.5) is 23.7 Å². The number of nitrogens with two attached hydrogens (primary N) is 1. The van der Waals surface area contributed by atoms with Gasteiger partial charge in [0.1, 0.15) is 0 Å². The number of alkyl halides is 3. The molecule has 1 heterocycles. The summed E-state index contributed by atoms with van der Waals surface area (Å²) in [5, 5.41) is 2.62. The number of rotatable bonds is 2. The first-order valence-electron chi connectivity index (χ1n) is 6.76. The second-order valence-corrected chi connectivity index (χ2v) is 5.34. The van der Waals surface area contributed by atoms with Crippen LogP contribution in [-0.2, 0) is 6.18 Å². The van der Waals surface area contributed by atoms with Crippen LogP contribution in [0.5, 0.6) is 0 Å². The van der Waals surface area contributed by atoms with Crippen LogP contribution in [-0.4, -0.2) is 30.1 Å². The molecular weight excluding hydrogens is 283 g/mol. The van der Waals surface area contributed by atoms with E-state index in [0.717, 1.165) is 18.6 Å². The number of carbonyl (C=O) groups is 1. The molecule has 0 aromatic heterocycles. The quantitative estimate of drug-likeness (QED) is 0.882. The third-order valence-electron chi connectivity index (χ3n) is 3.72. The lowest BCUT2D eigenvalue weighted by molar-refractivity contribution is -0.137. The van der Waals surface area contributed by atoms with E-state index in [-0.39, 0.29) is 18.0 Å². The van der Waals surface area contributed by atoms with Crippen molar-refractivity contribution in [2.24, 2.45) is 11.7 Å². The van der Waals surface area contributed by atoms with E-state index in [4.69, 9.17) is 5.73 Å². The van der Waals surface area contributed by atoms with Gasteiger partial charge in [-0.2, -0.15) is 13.2 Å². The standard InChI is InChI=1S/C14H18F3N3O/c1-9-6-10(7-18)8-20(9)13(21)19-12-4-2-11(3-5-12)14(15,16)17/h2-5,9-10H,6-8,18H2,1H3,(H,19,21). The van der Waals surface area contributed by atoms with E-state index in [0.29, 0.717) is 18.8 Å². The summed E-state index contributed by atoms with van der Waals surface area (Å²) in [5.74, 6) is 0.276. The number of likely N-dealkylation sites (tertiary alicyclic amines) is 1. The van der Waals surface area contributed by atoms with Gasteiger partial charge in [0.15, 0.2) is 0 Å². The number of nitrogens with zero attached hydrogens (tertiary/aromatic N) is 1. The molecule has 116 valence electrons. The molecule has 2 amide bonds. The van der Waals surface area contributed by atoms with Crippen LogP contribution in [0, 0.1) is 5.92 Å². The van der Waals surface area contributed by atoms with Crippen LogP contribution in [0.1, 0.15) is 18.9 Å². The lowest BCUT2D eigenvalue weighted by atomic mass is 10.1. The van der Waals surface area contributed by atoms with Gasteiger partial charge >= 0.3 is 12.2 Å². The maximum atomic E-state index is 12.5. The summed E-state index contributed by atoms with van der Waals surface area (Å²) in [6, 6.07) is 4.17. The van der Waals surface area contributed by atoms with Gasteiger partial charge in [0, 0.05) is 18.3 Å². The van der Waals surface area contributed by atoms with Crippen molar-refractivity contribution in [2.45, 2.75) is 25.6 Å². The predicted molar refractivity (Wildman–Crippen MR) is 73.8 cm³/mol. The molecule has 0 bridgehead atoms. The van der Waals surface area contributed by atoms with Crippen molar-refractivity contribution >= 4 is 11.7 Å². The lowest BCUT2D eigenvalue weighted by Gasteiger charge is -2.22. The molecule has 4 nitrogen and oxygen atoms in total. The Morgan fingerprint density at radius 2 is 2.00 bits per heavy atom. The first-order chi connectivity index (χ1) is 9.81. The third-order valence-corrected chi connectivity index (χ3v) is 3.72. The van der Waals surface area contributed by atoms with Gasteiger partial charge in [-0.25, -0.2) is 4.79 Å². The fourth-order valence-electron chi connectivity index (χ4n) is 2.53. The molecule has 7 heteroatoms. The highest BCUT2D eigenvalue weighted by molar-refractivity contribution is 5.89. The van der Waals surface area contributed by atoms with Crippen LogP contribution in [0.2, 0.25) is 0 Å². The summed E-state index contributed by atoms with van der Waals surface area (Å²) in [6.45, 7) is 3.03. The van der Waals surface area contributed by atoms with Crippen molar-refractivity contribution in [1.29, 1.82) is 0 Å². The SMILES string of the molecule is CC1CC(CN)CN1C(=O)Nc1ccc(C(F)(F)F)cc1. The summed E-state index contributed by atoms with van der Waals surface area (Å²) in [7, 11) is 0. The van der Waals surface area contributed by atoms with E-state index >= 15 is 0 Å². The highest BCUT2D eigenvalue weighted by Crippen LogP contribution is 2.30. The largest absolute Gasteiger partial charge is 0.416 e. The Kier molecular flexibility index (Phi) is 4.41. The average molecular weight is 301 g/mol. The normalized spacial score (nSPS) is 22.4. The number of urea groups is 1. The number of nitrogens with one attached hydrogen (secondary N) is 1. The molecular formula is C14H18F3N3O. The summed E-state index contributed by atoms with van der Waals surface area (Å²) < 4.78 is 37.4. The Labute approximate surface area is 121 Å². The molecule has 1 aliphatic rings. The fraction of sp³-hybridized carbons (Fsp3) is 0.500. The number of halogens is 3. The van der Waals surface area contributed by atoms with Gasteiger partial charge in [-0.15, -0.1) is 0 Å². The van der Waals surface area contributed by atoms with Crippen LogP contribution in [0.3, 0.4) is 0 Å². The van der Waals surface area contributed by atoms with Gasteiger partial charge in [-0.3, -0.25) is 0 Å². The Morgan fingerprint density at radius 1 is 1.38 bits per heavy atom. The van der Waals surface area contributed by atoms with Crippen LogP contribution < -0.4 is 11.1 Å². The van der Waals surface area contributed by atoms with Crippen molar-refractivity contribution in [3.8, 4) is 0 Å². The van der Waals surface area contributed by atoms with Crippen molar-refractivity contribution in [1.82, 2.24) is 4.90 Å². The molecule has 21 heavy (non-hydrogen) atoms. The second kappa shape index (κ2) is 5.93. The number of carbonyl (C=O) groups excluding carboxylic acids is 1. The minimum absolute atomic E-state index is 0.0769. The fourth-order valence-corrected chi connectivity index (χ4v) is 2.53. The molecule has 2 rings (SSSR count). The van der Waals surface area contributed by atoms with E-state index in [1.54, 1.807) is 4.90 Å². The number of anilines is 1. The zero-order valence-corrected chi connectivity index (χ0v) is 11.7. The topological polar surface area (TPSA) is 58.4 Å². The monoisotopic (exact) mass is 301 g/mol. The molecule has 0 saturated carbocycles. The number of benzene rings is 1. The highest BCUT2D eigenvalue weighted by Gasteiger charge is 2.32. The van der Waals surface area contributed by atoms with Crippen molar-refractivity contribution in [2.75, 3.05) is 18.4 Å². The van der Waals surface area contributed by atoms with E-state index in [9.17, 15) is 18.0 Å². The molecule has 0 radical (unpaired) electrons. The number of amides is 2. The molecule has 0 aliphatic carbocycles. The smallest absolute Gasteiger partial charge is 0.330 e. The molecule has 2 unspecified atom stereocenters. The second-order valence-electron chi connectivity index (χ2n) is 5.34. The summed E-state index contributed by atoms with van der Waals surface area (Å²) in [4.78, 5) is 13.8.